The van der Waals surface area contributed by atoms with Crippen LogP contribution in [0.15, 0.2) is 58.3 Å². The van der Waals surface area contributed by atoms with Crippen molar-refractivity contribution < 1.29 is 23.4 Å². The highest BCUT2D eigenvalue weighted by molar-refractivity contribution is 8.00. The van der Waals surface area contributed by atoms with Crippen molar-refractivity contribution in [2.45, 2.75) is 23.6 Å². The van der Waals surface area contributed by atoms with Gasteiger partial charge in [0.1, 0.15) is 5.75 Å². The summed E-state index contributed by atoms with van der Waals surface area (Å²) in [5.41, 5.74) is 1.82. The van der Waals surface area contributed by atoms with Gasteiger partial charge in [-0.2, -0.15) is 0 Å². The van der Waals surface area contributed by atoms with Crippen molar-refractivity contribution in [2.75, 3.05) is 10.5 Å². The van der Waals surface area contributed by atoms with Crippen LogP contribution in [0.4, 0.5) is 5.69 Å². The third-order valence-corrected chi connectivity index (χ3v) is 6.72. The molecule has 0 aliphatic heterocycles. The Morgan fingerprint density at radius 3 is 2.43 bits per heavy atom. The van der Waals surface area contributed by atoms with Gasteiger partial charge in [0.2, 0.25) is 0 Å². The average Bonchev–Trinajstić information content (AvgIpc) is 2.62. The van der Waals surface area contributed by atoms with Crippen molar-refractivity contribution in [1.29, 1.82) is 0 Å². The van der Waals surface area contributed by atoms with Crippen LogP contribution >= 0.6 is 11.8 Å². The molecule has 3 aromatic carbocycles. The third-order valence-electron chi connectivity index (χ3n) is 4.19. The van der Waals surface area contributed by atoms with Gasteiger partial charge < -0.3 is 15.0 Å². The van der Waals surface area contributed by atoms with Crippen LogP contribution in [-0.4, -0.2) is 25.2 Å². The van der Waals surface area contributed by atoms with Gasteiger partial charge >= 0.3 is 0 Å². The fourth-order valence-electron chi connectivity index (χ4n) is 2.97. The molecule has 3 rings (SSSR count). The van der Waals surface area contributed by atoms with Gasteiger partial charge in [-0.15, -0.1) is 11.8 Å². The van der Waals surface area contributed by atoms with Crippen molar-refractivity contribution in [3.05, 3.63) is 59.7 Å². The first-order valence-electron chi connectivity index (χ1n) is 8.36. The summed E-state index contributed by atoms with van der Waals surface area (Å²) in [5.74, 6) is -1.75. The van der Waals surface area contributed by atoms with Crippen molar-refractivity contribution in [3.63, 3.8) is 0 Å². The number of aromatic hydroxyl groups is 1. The number of benzene rings is 3. The van der Waals surface area contributed by atoms with Crippen LogP contribution in [0.2, 0.25) is 0 Å². The summed E-state index contributed by atoms with van der Waals surface area (Å²) in [6.07, 6.45) is 0. The number of aliphatic carboxylic acids is 1. The Morgan fingerprint density at radius 1 is 1.11 bits per heavy atom. The normalized spacial score (nSPS) is 11.5. The number of carbonyl (C=O) groups excluding carboxylic acids is 1. The molecule has 3 aromatic rings. The number of hydrogen-bond donors (Lipinski definition) is 2. The molecular weight excluding hydrogens is 398 g/mol. The zero-order chi connectivity index (χ0) is 20.5. The van der Waals surface area contributed by atoms with Gasteiger partial charge in [-0.05, 0) is 31.5 Å². The lowest BCUT2D eigenvalue weighted by molar-refractivity contribution is -0.301. The molecule has 0 radical (unpaired) electrons. The highest BCUT2D eigenvalue weighted by Gasteiger charge is 2.20. The molecule has 0 saturated carbocycles. The second-order valence-corrected chi connectivity index (χ2v) is 9.02. The number of sulfonamides is 1. The largest absolute Gasteiger partial charge is 0.549 e. The van der Waals surface area contributed by atoms with Crippen LogP contribution in [0.1, 0.15) is 11.1 Å². The predicted octanol–water partition coefficient (Wildman–Crippen LogP) is 2.81. The van der Waals surface area contributed by atoms with Crippen molar-refractivity contribution in [2.24, 2.45) is 0 Å². The Kier molecular flexibility index (Phi) is 5.53. The van der Waals surface area contributed by atoms with E-state index in [2.05, 4.69) is 4.72 Å². The molecule has 0 saturated heterocycles. The van der Waals surface area contributed by atoms with Crippen molar-refractivity contribution in [3.8, 4) is 5.75 Å². The standard InChI is InChI=1S/C20H19NO5S2/c1-12-7-8-18(13(2)9-12)28(25,26)21-16-10-17(27-11-19(22)23)20(24)15-6-4-3-5-14(15)16/h3-10,21,24H,11H2,1-2H3,(H,22,23)/p-1. The molecule has 0 aliphatic carbocycles. The fourth-order valence-corrected chi connectivity index (χ4v) is 4.99. The third kappa shape index (κ3) is 4.07. The number of phenolic OH excluding ortho intramolecular Hbond substituents is 1. The highest BCUT2D eigenvalue weighted by Crippen LogP contribution is 2.40. The summed E-state index contributed by atoms with van der Waals surface area (Å²) < 4.78 is 28.5. The van der Waals surface area contributed by atoms with E-state index >= 15 is 0 Å². The Bertz CT molecular complexity index is 1170. The lowest BCUT2D eigenvalue weighted by Crippen LogP contribution is -2.24. The molecular formula is C20H18NO5S2-. The number of carboxylic acids is 1. The molecule has 0 heterocycles. The Morgan fingerprint density at radius 2 is 1.79 bits per heavy atom. The number of fused-ring (bicyclic) bond motifs is 1. The van der Waals surface area contributed by atoms with E-state index in [-0.39, 0.29) is 27.0 Å². The smallest absolute Gasteiger partial charge is 0.262 e. The van der Waals surface area contributed by atoms with Gasteiger partial charge in [-0.25, -0.2) is 8.42 Å². The minimum atomic E-state index is -3.88. The molecule has 28 heavy (non-hydrogen) atoms. The number of thioether (sulfide) groups is 1. The maximum Gasteiger partial charge on any atom is 0.262 e. The van der Waals surface area contributed by atoms with E-state index in [9.17, 15) is 23.4 Å². The van der Waals surface area contributed by atoms with E-state index in [1.54, 1.807) is 49.4 Å². The molecule has 0 aliphatic rings. The number of phenols is 1. The topological polar surface area (TPSA) is 107 Å². The van der Waals surface area contributed by atoms with Crippen LogP contribution in [0.5, 0.6) is 5.75 Å². The summed E-state index contributed by atoms with van der Waals surface area (Å²) in [6, 6.07) is 13.2. The molecule has 0 atom stereocenters. The number of aryl methyl sites for hydroxylation is 2. The minimum Gasteiger partial charge on any atom is -0.549 e. The zero-order valence-corrected chi connectivity index (χ0v) is 16.9. The molecule has 0 unspecified atom stereocenters. The first kappa shape index (κ1) is 20.0. The van der Waals surface area contributed by atoms with Gasteiger partial charge in [0, 0.05) is 16.5 Å². The molecule has 0 fully saturated rings. The predicted molar refractivity (Wildman–Crippen MR) is 108 cm³/mol. The van der Waals surface area contributed by atoms with E-state index < -0.39 is 16.0 Å². The zero-order valence-electron chi connectivity index (χ0n) is 15.2. The van der Waals surface area contributed by atoms with Crippen LogP contribution in [0.3, 0.4) is 0 Å². The van der Waals surface area contributed by atoms with Crippen molar-refractivity contribution in [1.82, 2.24) is 0 Å². The van der Waals surface area contributed by atoms with Crippen LogP contribution < -0.4 is 9.83 Å². The Balaban J connectivity index is 2.11. The average molecular weight is 417 g/mol. The maximum absolute atomic E-state index is 13.0. The molecule has 2 N–H and O–H groups in total. The summed E-state index contributed by atoms with van der Waals surface area (Å²) >= 11 is 0.864. The second-order valence-electron chi connectivity index (χ2n) is 6.35. The van der Waals surface area contributed by atoms with Crippen molar-refractivity contribution >= 4 is 44.2 Å². The number of anilines is 1. The summed E-state index contributed by atoms with van der Waals surface area (Å²) in [6.45, 7) is 3.60. The fraction of sp³-hybridized carbons (Fsp3) is 0.150. The summed E-state index contributed by atoms with van der Waals surface area (Å²) in [5, 5.41) is 22.2. The van der Waals surface area contributed by atoms with E-state index in [1.165, 1.54) is 6.07 Å². The maximum atomic E-state index is 13.0. The first-order chi connectivity index (χ1) is 13.2. The lowest BCUT2D eigenvalue weighted by atomic mass is 10.1. The first-order valence-corrected chi connectivity index (χ1v) is 10.8. The van der Waals surface area contributed by atoms with E-state index in [4.69, 9.17) is 0 Å². The monoisotopic (exact) mass is 416 g/mol. The summed E-state index contributed by atoms with van der Waals surface area (Å²) in [7, 11) is -3.88. The molecule has 0 bridgehead atoms. The number of nitrogens with one attached hydrogen (secondary N) is 1. The molecule has 0 aromatic heterocycles. The van der Waals surface area contributed by atoms with Crippen LogP contribution in [0.25, 0.3) is 10.8 Å². The van der Waals surface area contributed by atoms with Gasteiger partial charge in [0.15, 0.2) is 0 Å². The number of carboxylic acid groups (broad SMARTS) is 1. The molecule has 0 amide bonds. The van der Waals surface area contributed by atoms with E-state index in [0.29, 0.717) is 16.3 Å². The highest BCUT2D eigenvalue weighted by atomic mass is 32.2. The lowest BCUT2D eigenvalue weighted by Gasteiger charge is -2.16. The summed E-state index contributed by atoms with van der Waals surface area (Å²) in [4.78, 5) is 11.2. The van der Waals surface area contributed by atoms with E-state index in [1.807, 2.05) is 6.92 Å². The van der Waals surface area contributed by atoms with Gasteiger partial charge in [-0.1, -0.05) is 42.0 Å². The Hall–Kier alpha value is -2.71. The number of hydrogen-bond acceptors (Lipinski definition) is 6. The van der Waals surface area contributed by atoms with Crippen LogP contribution in [-0.2, 0) is 14.8 Å². The number of carbonyl (C=O) groups is 1. The van der Waals surface area contributed by atoms with E-state index in [0.717, 1.165) is 17.3 Å². The van der Waals surface area contributed by atoms with Gasteiger partial charge in [0.25, 0.3) is 10.0 Å². The quantitative estimate of drug-likeness (QED) is 0.473. The van der Waals surface area contributed by atoms with Gasteiger partial charge in [0.05, 0.1) is 21.4 Å². The minimum absolute atomic E-state index is 0.101. The molecule has 0 spiro atoms. The Labute approximate surface area is 167 Å². The molecule has 146 valence electrons. The number of rotatable bonds is 6. The van der Waals surface area contributed by atoms with Gasteiger partial charge in [-0.3, -0.25) is 4.72 Å². The molecule has 6 nitrogen and oxygen atoms in total. The molecule has 8 heteroatoms. The second kappa shape index (κ2) is 7.73. The van der Waals surface area contributed by atoms with Crippen LogP contribution in [0, 0.1) is 13.8 Å². The SMILES string of the molecule is Cc1ccc(S(=O)(=O)Nc2cc(SCC(=O)[O-])c(O)c3ccccc23)c(C)c1.